The van der Waals surface area contributed by atoms with Gasteiger partial charge >= 0.3 is 6.18 Å². The highest BCUT2D eigenvalue weighted by atomic mass is 19.4. The van der Waals surface area contributed by atoms with Crippen LogP contribution in [0.3, 0.4) is 0 Å². The predicted octanol–water partition coefficient (Wildman–Crippen LogP) is 4.13. The highest BCUT2D eigenvalue weighted by molar-refractivity contribution is 5.95. The number of benzene rings is 2. The van der Waals surface area contributed by atoms with Crippen molar-refractivity contribution in [1.29, 1.82) is 0 Å². The number of nitrogens with one attached hydrogen (secondary N) is 1. The summed E-state index contributed by atoms with van der Waals surface area (Å²) in [6.07, 6.45) is -4.71. The molecule has 0 spiro atoms. The molecule has 0 saturated heterocycles. The van der Waals surface area contributed by atoms with E-state index in [9.17, 15) is 31.9 Å². The van der Waals surface area contributed by atoms with Gasteiger partial charge in [-0.1, -0.05) is 12.1 Å². The SMILES string of the molecule is Nc1ncnn2c(-c3ccc(F)c(C(=O)NCCC(O)c4ccc(F)cc4)c3)cc(C(F)(F)F)c12. The number of nitrogens with zero attached hydrogens (tertiary/aromatic N) is 3. The van der Waals surface area contributed by atoms with E-state index in [0.29, 0.717) is 5.56 Å². The highest BCUT2D eigenvalue weighted by Gasteiger charge is 2.36. The number of hydrogen-bond donors (Lipinski definition) is 3. The summed E-state index contributed by atoms with van der Waals surface area (Å²) in [5.41, 5.74) is 4.16. The minimum atomic E-state index is -4.76. The van der Waals surface area contributed by atoms with Crippen LogP contribution in [0.15, 0.2) is 54.9 Å². The lowest BCUT2D eigenvalue weighted by molar-refractivity contribution is -0.136. The number of aliphatic hydroxyl groups excluding tert-OH is 1. The van der Waals surface area contributed by atoms with E-state index in [0.717, 1.165) is 29.0 Å². The number of carbonyl (C=O) groups is 1. The fourth-order valence-electron chi connectivity index (χ4n) is 3.62. The van der Waals surface area contributed by atoms with Crippen molar-refractivity contribution in [2.75, 3.05) is 12.3 Å². The molecule has 7 nitrogen and oxygen atoms in total. The Balaban J connectivity index is 1.58. The zero-order valence-corrected chi connectivity index (χ0v) is 17.9. The Bertz CT molecular complexity index is 1390. The van der Waals surface area contributed by atoms with Crippen LogP contribution in [0.1, 0.15) is 34.0 Å². The number of alkyl halides is 3. The smallest absolute Gasteiger partial charge is 0.388 e. The summed E-state index contributed by atoms with van der Waals surface area (Å²) in [7, 11) is 0. The molecule has 2 aromatic carbocycles. The molecule has 0 radical (unpaired) electrons. The van der Waals surface area contributed by atoms with E-state index in [2.05, 4.69) is 15.4 Å². The summed E-state index contributed by atoms with van der Waals surface area (Å²) >= 11 is 0. The second-order valence-electron chi connectivity index (χ2n) is 7.65. The molecule has 182 valence electrons. The average Bonchev–Trinajstić information content (AvgIpc) is 3.21. The minimum Gasteiger partial charge on any atom is -0.388 e. The third-order valence-electron chi connectivity index (χ3n) is 5.35. The fraction of sp³-hybridized carbons (Fsp3) is 0.174. The van der Waals surface area contributed by atoms with Crippen LogP contribution in [0.4, 0.5) is 27.8 Å². The Morgan fingerprint density at radius 2 is 1.83 bits per heavy atom. The van der Waals surface area contributed by atoms with Crippen molar-refractivity contribution in [3.8, 4) is 11.3 Å². The van der Waals surface area contributed by atoms with Crippen LogP contribution in [-0.2, 0) is 6.18 Å². The average molecular weight is 491 g/mol. The first-order valence-electron chi connectivity index (χ1n) is 10.3. The number of nitrogens with two attached hydrogens (primary N) is 1. The molecular formula is C23H18F5N5O2. The predicted molar refractivity (Wildman–Crippen MR) is 116 cm³/mol. The van der Waals surface area contributed by atoms with Crippen LogP contribution in [0.2, 0.25) is 0 Å². The van der Waals surface area contributed by atoms with Crippen molar-refractivity contribution in [1.82, 2.24) is 19.9 Å². The van der Waals surface area contributed by atoms with E-state index in [-0.39, 0.29) is 24.2 Å². The van der Waals surface area contributed by atoms with Gasteiger partial charge in [0, 0.05) is 12.1 Å². The van der Waals surface area contributed by atoms with E-state index in [1.54, 1.807) is 0 Å². The van der Waals surface area contributed by atoms with Gasteiger partial charge in [0.2, 0.25) is 0 Å². The van der Waals surface area contributed by atoms with Crippen LogP contribution in [0, 0.1) is 11.6 Å². The maximum absolute atomic E-state index is 14.4. The van der Waals surface area contributed by atoms with Crippen LogP contribution in [-0.4, -0.2) is 32.2 Å². The maximum Gasteiger partial charge on any atom is 0.418 e. The monoisotopic (exact) mass is 491 g/mol. The topological polar surface area (TPSA) is 106 Å². The van der Waals surface area contributed by atoms with Crippen molar-refractivity contribution in [3.63, 3.8) is 0 Å². The molecule has 1 atom stereocenters. The maximum atomic E-state index is 14.4. The summed E-state index contributed by atoms with van der Waals surface area (Å²) < 4.78 is 69.0. The molecule has 4 rings (SSSR count). The van der Waals surface area contributed by atoms with E-state index in [1.165, 1.54) is 30.3 Å². The number of nitrogen functional groups attached to an aromatic ring is 1. The van der Waals surface area contributed by atoms with E-state index in [1.807, 2.05) is 0 Å². The van der Waals surface area contributed by atoms with Gasteiger partial charge in [0.25, 0.3) is 5.91 Å². The normalized spacial score (nSPS) is 12.6. The molecule has 0 bridgehead atoms. The number of amides is 1. The summed E-state index contributed by atoms with van der Waals surface area (Å²) in [5, 5.41) is 16.5. The van der Waals surface area contributed by atoms with Crippen molar-refractivity contribution in [2.24, 2.45) is 0 Å². The molecule has 0 aliphatic carbocycles. The quantitative estimate of drug-likeness (QED) is 0.352. The molecule has 2 aromatic heterocycles. The number of rotatable bonds is 6. The summed E-state index contributed by atoms with van der Waals surface area (Å²) in [6, 6.07) is 9.24. The Kier molecular flexibility index (Phi) is 6.39. The third kappa shape index (κ3) is 4.92. The Morgan fingerprint density at radius 3 is 2.51 bits per heavy atom. The standard InChI is InChI=1S/C23H18F5N5O2/c24-14-4-1-12(2-5-14)19(34)7-8-30-22(35)15-9-13(3-6-17(15)25)18-10-16(23(26,27)28)20-21(29)31-11-32-33(18)20/h1-6,9-11,19,34H,7-8H2,(H,30,35)(H2,29,31,32). The van der Waals surface area contributed by atoms with Gasteiger partial charge in [0.05, 0.1) is 22.9 Å². The molecule has 35 heavy (non-hydrogen) atoms. The lowest BCUT2D eigenvalue weighted by atomic mass is 10.1. The molecule has 4 N–H and O–H groups in total. The highest BCUT2D eigenvalue weighted by Crippen LogP contribution is 2.38. The number of anilines is 1. The fourth-order valence-corrected chi connectivity index (χ4v) is 3.62. The second-order valence-corrected chi connectivity index (χ2v) is 7.65. The second kappa shape index (κ2) is 9.29. The van der Waals surface area contributed by atoms with Gasteiger partial charge in [-0.05, 0) is 48.4 Å². The van der Waals surface area contributed by atoms with E-state index in [4.69, 9.17) is 5.73 Å². The molecule has 1 amide bonds. The number of carbonyl (C=O) groups excluding carboxylic acids is 1. The van der Waals surface area contributed by atoms with Crippen LogP contribution < -0.4 is 11.1 Å². The van der Waals surface area contributed by atoms with Crippen molar-refractivity contribution < 1.29 is 31.9 Å². The molecule has 0 aliphatic rings. The van der Waals surface area contributed by atoms with Gasteiger partial charge in [-0.25, -0.2) is 18.3 Å². The first-order valence-corrected chi connectivity index (χ1v) is 10.3. The van der Waals surface area contributed by atoms with Crippen molar-refractivity contribution in [2.45, 2.75) is 18.7 Å². The molecule has 2 heterocycles. The number of aromatic nitrogens is 3. The number of aliphatic hydroxyl groups is 1. The van der Waals surface area contributed by atoms with Gasteiger partial charge < -0.3 is 16.2 Å². The minimum absolute atomic E-state index is 0.0446. The Hall–Kier alpha value is -4.06. The van der Waals surface area contributed by atoms with E-state index >= 15 is 0 Å². The van der Waals surface area contributed by atoms with Gasteiger partial charge in [-0.2, -0.15) is 18.3 Å². The Labute approximate surface area is 195 Å². The number of halogens is 5. The van der Waals surface area contributed by atoms with Gasteiger partial charge in [0.15, 0.2) is 5.82 Å². The van der Waals surface area contributed by atoms with Gasteiger partial charge in [-0.15, -0.1) is 0 Å². The zero-order valence-electron chi connectivity index (χ0n) is 17.9. The van der Waals surface area contributed by atoms with Gasteiger partial charge in [0.1, 0.15) is 23.5 Å². The lowest BCUT2D eigenvalue weighted by Crippen LogP contribution is -2.26. The Morgan fingerprint density at radius 1 is 1.11 bits per heavy atom. The number of hydrogen-bond acceptors (Lipinski definition) is 5. The first-order chi connectivity index (χ1) is 16.6. The first kappa shape index (κ1) is 24.1. The van der Waals surface area contributed by atoms with Gasteiger partial charge in [-0.3, -0.25) is 4.79 Å². The molecular weight excluding hydrogens is 473 g/mol. The van der Waals surface area contributed by atoms with Crippen LogP contribution in [0.5, 0.6) is 0 Å². The molecule has 1 unspecified atom stereocenters. The largest absolute Gasteiger partial charge is 0.418 e. The molecule has 0 fully saturated rings. The van der Waals surface area contributed by atoms with Crippen LogP contribution in [0.25, 0.3) is 16.8 Å². The van der Waals surface area contributed by atoms with Crippen molar-refractivity contribution in [3.05, 3.63) is 83.2 Å². The molecule has 4 aromatic rings. The number of fused-ring (bicyclic) bond motifs is 1. The van der Waals surface area contributed by atoms with E-state index < -0.39 is 52.3 Å². The third-order valence-corrected chi connectivity index (χ3v) is 5.35. The summed E-state index contributed by atoms with van der Waals surface area (Å²) in [6.45, 7) is -0.0446. The zero-order chi connectivity index (χ0) is 25.3. The lowest BCUT2D eigenvalue weighted by Gasteiger charge is -2.12. The molecule has 0 saturated carbocycles. The van der Waals surface area contributed by atoms with Crippen LogP contribution >= 0.6 is 0 Å². The summed E-state index contributed by atoms with van der Waals surface area (Å²) in [5.74, 6) is -2.58. The summed E-state index contributed by atoms with van der Waals surface area (Å²) in [4.78, 5) is 16.2. The molecule has 0 aliphatic heterocycles. The molecule has 12 heteroatoms. The van der Waals surface area contributed by atoms with Crippen molar-refractivity contribution >= 4 is 17.2 Å².